The molecule has 0 aliphatic carbocycles. The average molecular weight is 313 g/mol. The molecule has 2 aromatic rings. The molecule has 0 saturated carbocycles. The van der Waals surface area contributed by atoms with Gasteiger partial charge in [-0.05, 0) is 30.8 Å². The van der Waals surface area contributed by atoms with Crippen molar-refractivity contribution in [3.05, 3.63) is 59.7 Å². The van der Waals surface area contributed by atoms with Crippen molar-refractivity contribution >= 4 is 5.78 Å². The van der Waals surface area contributed by atoms with Gasteiger partial charge >= 0.3 is 0 Å². The molecule has 4 nitrogen and oxygen atoms in total. The lowest BCUT2D eigenvalue weighted by molar-refractivity contribution is 0.0967. The van der Waals surface area contributed by atoms with E-state index in [9.17, 15) is 4.79 Å². The summed E-state index contributed by atoms with van der Waals surface area (Å²) in [6.45, 7) is 1.54. The van der Waals surface area contributed by atoms with E-state index in [-0.39, 0.29) is 5.78 Å². The molecule has 0 radical (unpaired) electrons. The highest BCUT2D eigenvalue weighted by molar-refractivity contribution is 5.96. The van der Waals surface area contributed by atoms with Crippen LogP contribution in [0, 0.1) is 0 Å². The highest BCUT2D eigenvalue weighted by atomic mass is 16.5. The second-order valence-corrected chi connectivity index (χ2v) is 5.47. The standard InChI is InChI=1S/C19H23NO3/c1-20(14-15-7-5-4-6-8-15)12-11-17(21)16-9-10-18(22-2)19(13-16)23-3/h4-10,13H,11-12,14H2,1-3H3. The molecule has 0 atom stereocenters. The molecule has 122 valence electrons. The van der Waals surface area contributed by atoms with Gasteiger partial charge in [-0.3, -0.25) is 4.79 Å². The minimum absolute atomic E-state index is 0.103. The molecule has 0 aliphatic rings. The van der Waals surface area contributed by atoms with Crippen LogP contribution >= 0.6 is 0 Å². The first-order valence-corrected chi connectivity index (χ1v) is 7.61. The van der Waals surface area contributed by atoms with Gasteiger partial charge in [-0.2, -0.15) is 0 Å². The molecular formula is C19H23NO3. The van der Waals surface area contributed by atoms with Crippen LogP contribution in [0.4, 0.5) is 0 Å². The van der Waals surface area contributed by atoms with Crippen LogP contribution in [0.3, 0.4) is 0 Å². The van der Waals surface area contributed by atoms with E-state index in [1.54, 1.807) is 32.4 Å². The second kappa shape index (κ2) is 8.34. The van der Waals surface area contributed by atoms with E-state index in [0.717, 1.165) is 6.54 Å². The van der Waals surface area contributed by atoms with Crippen molar-refractivity contribution in [3.63, 3.8) is 0 Å². The molecule has 2 rings (SSSR count). The molecule has 0 aliphatic heterocycles. The van der Waals surface area contributed by atoms with Gasteiger partial charge in [0, 0.05) is 25.1 Å². The van der Waals surface area contributed by atoms with Crippen LogP contribution in [0.25, 0.3) is 0 Å². The van der Waals surface area contributed by atoms with Gasteiger partial charge in [-0.25, -0.2) is 0 Å². The third-order valence-electron chi connectivity index (χ3n) is 3.72. The lowest BCUT2D eigenvalue weighted by Crippen LogP contribution is -2.21. The van der Waals surface area contributed by atoms with E-state index in [1.165, 1.54) is 5.56 Å². The summed E-state index contributed by atoms with van der Waals surface area (Å²) in [5, 5.41) is 0. The van der Waals surface area contributed by atoms with Crippen LogP contribution in [-0.2, 0) is 6.54 Å². The third kappa shape index (κ3) is 4.83. The van der Waals surface area contributed by atoms with E-state index < -0.39 is 0 Å². The van der Waals surface area contributed by atoms with Crippen molar-refractivity contribution in [2.75, 3.05) is 27.8 Å². The number of methoxy groups -OCH3 is 2. The lowest BCUT2D eigenvalue weighted by atomic mass is 10.1. The lowest BCUT2D eigenvalue weighted by Gasteiger charge is -2.16. The number of hydrogen-bond donors (Lipinski definition) is 0. The minimum Gasteiger partial charge on any atom is -0.493 e. The zero-order valence-corrected chi connectivity index (χ0v) is 13.9. The first-order chi connectivity index (χ1) is 11.1. The Morgan fingerprint density at radius 1 is 1.00 bits per heavy atom. The summed E-state index contributed by atoms with van der Waals surface area (Å²) in [7, 11) is 5.17. The SMILES string of the molecule is COc1ccc(C(=O)CCN(C)Cc2ccccc2)cc1OC. The number of rotatable bonds is 8. The normalized spacial score (nSPS) is 10.6. The van der Waals surface area contributed by atoms with E-state index in [4.69, 9.17) is 9.47 Å². The van der Waals surface area contributed by atoms with Crippen molar-refractivity contribution in [1.29, 1.82) is 0 Å². The maximum absolute atomic E-state index is 12.3. The predicted octanol–water partition coefficient (Wildman–Crippen LogP) is 3.41. The number of Topliss-reactive ketones (excluding diaryl/α,β-unsaturated/α-hetero) is 1. The number of hydrogen-bond acceptors (Lipinski definition) is 4. The van der Waals surface area contributed by atoms with E-state index >= 15 is 0 Å². The van der Waals surface area contributed by atoms with Gasteiger partial charge in [0.05, 0.1) is 14.2 Å². The number of carbonyl (C=O) groups is 1. The Labute approximate surface area is 137 Å². The van der Waals surface area contributed by atoms with Gasteiger partial charge in [-0.1, -0.05) is 30.3 Å². The Morgan fingerprint density at radius 2 is 1.70 bits per heavy atom. The van der Waals surface area contributed by atoms with Crippen molar-refractivity contribution in [2.24, 2.45) is 0 Å². The third-order valence-corrected chi connectivity index (χ3v) is 3.72. The van der Waals surface area contributed by atoms with Gasteiger partial charge in [0.1, 0.15) is 0 Å². The van der Waals surface area contributed by atoms with Crippen molar-refractivity contribution in [3.8, 4) is 11.5 Å². The van der Waals surface area contributed by atoms with E-state index in [1.807, 2.05) is 25.2 Å². The Balaban J connectivity index is 1.91. The van der Waals surface area contributed by atoms with E-state index in [0.29, 0.717) is 30.0 Å². The van der Waals surface area contributed by atoms with Crippen LogP contribution in [0.15, 0.2) is 48.5 Å². The smallest absolute Gasteiger partial charge is 0.164 e. The Bertz CT molecular complexity index is 640. The molecule has 0 N–H and O–H groups in total. The molecule has 0 bridgehead atoms. The van der Waals surface area contributed by atoms with Crippen LogP contribution in [0.5, 0.6) is 11.5 Å². The fourth-order valence-electron chi connectivity index (χ4n) is 2.42. The topological polar surface area (TPSA) is 38.8 Å². The van der Waals surface area contributed by atoms with Crippen LogP contribution in [0.2, 0.25) is 0 Å². The molecule has 0 unspecified atom stereocenters. The number of nitrogens with zero attached hydrogens (tertiary/aromatic N) is 1. The summed E-state index contributed by atoms with van der Waals surface area (Å²) >= 11 is 0. The van der Waals surface area contributed by atoms with Gasteiger partial charge in [0.2, 0.25) is 0 Å². The second-order valence-electron chi connectivity index (χ2n) is 5.47. The molecule has 2 aromatic carbocycles. The molecule has 4 heteroatoms. The van der Waals surface area contributed by atoms with Gasteiger partial charge < -0.3 is 14.4 Å². The largest absolute Gasteiger partial charge is 0.493 e. The van der Waals surface area contributed by atoms with Crippen molar-refractivity contribution in [2.45, 2.75) is 13.0 Å². The minimum atomic E-state index is 0.103. The van der Waals surface area contributed by atoms with Gasteiger partial charge in [0.15, 0.2) is 17.3 Å². The Morgan fingerprint density at radius 3 is 2.35 bits per heavy atom. The average Bonchev–Trinajstić information content (AvgIpc) is 2.59. The Hall–Kier alpha value is -2.33. The van der Waals surface area contributed by atoms with Crippen LogP contribution in [0.1, 0.15) is 22.3 Å². The molecular weight excluding hydrogens is 290 g/mol. The number of benzene rings is 2. The number of carbonyl (C=O) groups excluding carboxylic acids is 1. The highest BCUT2D eigenvalue weighted by Crippen LogP contribution is 2.28. The molecule has 0 spiro atoms. The fourth-order valence-corrected chi connectivity index (χ4v) is 2.42. The van der Waals surface area contributed by atoms with Crippen LogP contribution in [-0.4, -0.2) is 38.5 Å². The maximum atomic E-state index is 12.3. The fraction of sp³-hybridized carbons (Fsp3) is 0.316. The summed E-state index contributed by atoms with van der Waals surface area (Å²) in [5.41, 5.74) is 1.89. The summed E-state index contributed by atoms with van der Waals surface area (Å²) in [6.07, 6.45) is 0.471. The summed E-state index contributed by atoms with van der Waals surface area (Å²) in [5.74, 6) is 1.31. The summed E-state index contributed by atoms with van der Waals surface area (Å²) < 4.78 is 10.4. The number of ether oxygens (including phenoxy) is 2. The zero-order valence-electron chi connectivity index (χ0n) is 13.9. The number of ketones is 1. The molecule has 23 heavy (non-hydrogen) atoms. The molecule has 0 fully saturated rings. The molecule has 0 heterocycles. The monoisotopic (exact) mass is 313 g/mol. The van der Waals surface area contributed by atoms with Crippen molar-refractivity contribution in [1.82, 2.24) is 4.90 Å². The Kier molecular flexibility index (Phi) is 6.18. The zero-order chi connectivity index (χ0) is 16.7. The molecule has 0 saturated heterocycles. The quantitative estimate of drug-likeness (QED) is 0.700. The maximum Gasteiger partial charge on any atom is 0.164 e. The van der Waals surface area contributed by atoms with E-state index in [2.05, 4.69) is 17.0 Å². The first kappa shape index (κ1) is 17.0. The molecule has 0 amide bonds. The summed E-state index contributed by atoms with van der Waals surface area (Å²) in [4.78, 5) is 14.5. The summed E-state index contributed by atoms with van der Waals surface area (Å²) in [6, 6.07) is 15.5. The highest BCUT2D eigenvalue weighted by Gasteiger charge is 2.11. The molecule has 0 aromatic heterocycles. The first-order valence-electron chi connectivity index (χ1n) is 7.61. The van der Waals surface area contributed by atoms with Gasteiger partial charge in [-0.15, -0.1) is 0 Å². The van der Waals surface area contributed by atoms with Crippen LogP contribution < -0.4 is 9.47 Å². The predicted molar refractivity (Wildman–Crippen MR) is 91.3 cm³/mol. The van der Waals surface area contributed by atoms with Crippen molar-refractivity contribution < 1.29 is 14.3 Å². The van der Waals surface area contributed by atoms with Gasteiger partial charge in [0.25, 0.3) is 0 Å².